The van der Waals surface area contributed by atoms with Gasteiger partial charge in [-0.1, -0.05) is 31.2 Å². The number of likely N-dealkylation sites (N-methyl/N-ethyl adjacent to an activating group) is 1. The number of hydrogen-bond acceptors (Lipinski definition) is 3. The van der Waals surface area contributed by atoms with Gasteiger partial charge in [0.25, 0.3) is 5.91 Å². The van der Waals surface area contributed by atoms with Crippen LogP contribution in [0.15, 0.2) is 64.5 Å². The first-order chi connectivity index (χ1) is 14.9. The van der Waals surface area contributed by atoms with Crippen molar-refractivity contribution >= 4 is 34.6 Å². The van der Waals surface area contributed by atoms with Gasteiger partial charge in [-0.05, 0) is 79.6 Å². The van der Waals surface area contributed by atoms with Crippen LogP contribution in [-0.2, 0) is 11.2 Å². The lowest BCUT2D eigenvalue weighted by Crippen LogP contribution is -2.23. The molecule has 2 heterocycles. The first-order valence-electron chi connectivity index (χ1n) is 10.2. The van der Waals surface area contributed by atoms with E-state index in [0.717, 1.165) is 23.4 Å². The fourth-order valence-corrected chi connectivity index (χ4v) is 4.76. The summed E-state index contributed by atoms with van der Waals surface area (Å²) in [7, 11) is 1.69. The first-order valence-corrected chi connectivity index (χ1v) is 11.0. The van der Waals surface area contributed by atoms with E-state index in [-0.39, 0.29) is 11.7 Å². The lowest BCUT2D eigenvalue weighted by Gasteiger charge is -2.14. The van der Waals surface area contributed by atoms with E-state index < -0.39 is 0 Å². The van der Waals surface area contributed by atoms with E-state index in [0.29, 0.717) is 15.8 Å². The number of halogens is 1. The van der Waals surface area contributed by atoms with Crippen LogP contribution in [0.1, 0.15) is 29.4 Å². The molecule has 1 fully saturated rings. The highest BCUT2D eigenvalue weighted by Crippen LogP contribution is 2.34. The summed E-state index contributed by atoms with van der Waals surface area (Å²) in [5.74, 6) is -0.465. The lowest BCUT2D eigenvalue weighted by molar-refractivity contribution is -0.121. The summed E-state index contributed by atoms with van der Waals surface area (Å²) in [6.07, 6.45) is 2.87. The van der Waals surface area contributed by atoms with Crippen LogP contribution in [0.3, 0.4) is 0 Å². The van der Waals surface area contributed by atoms with E-state index in [1.54, 1.807) is 19.2 Å². The summed E-state index contributed by atoms with van der Waals surface area (Å²) >= 11 is 1.31. The van der Waals surface area contributed by atoms with E-state index in [2.05, 4.69) is 54.6 Å². The minimum absolute atomic E-state index is 0.112. The Bertz CT molecular complexity index is 1230. The number of amides is 1. The van der Waals surface area contributed by atoms with Crippen LogP contribution in [0, 0.1) is 19.7 Å². The molecule has 0 atom stereocenters. The molecule has 0 aliphatic carbocycles. The second-order valence-corrected chi connectivity index (χ2v) is 8.50. The zero-order chi connectivity index (χ0) is 22.1. The number of nitrogens with zero attached hydrogens (tertiary/aromatic N) is 3. The van der Waals surface area contributed by atoms with Crippen molar-refractivity contribution in [2.45, 2.75) is 27.2 Å². The molecule has 0 spiro atoms. The molecule has 158 valence electrons. The van der Waals surface area contributed by atoms with Crippen molar-refractivity contribution in [2.24, 2.45) is 4.99 Å². The Kier molecular flexibility index (Phi) is 5.83. The van der Waals surface area contributed by atoms with Crippen molar-refractivity contribution in [2.75, 3.05) is 7.05 Å². The van der Waals surface area contributed by atoms with Crippen LogP contribution in [0.4, 0.5) is 10.1 Å². The van der Waals surface area contributed by atoms with Crippen LogP contribution in [-0.4, -0.2) is 27.6 Å². The number of thioether (sulfide) groups is 1. The van der Waals surface area contributed by atoms with Crippen molar-refractivity contribution in [3.8, 4) is 5.69 Å². The third-order valence-corrected chi connectivity index (χ3v) is 6.47. The molecular formula is C25H24FN3OS. The van der Waals surface area contributed by atoms with Gasteiger partial charge in [0.05, 0.1) is 10.6 Å². The summed E-state index contributed by atoms with van der Waals surface area (Å²) in [5, 5.41) is 0.534. The van der Waals surface area contributed by atoms with Gasteiger partial charge < -0.3 is 4.57 Å². The highest BCUT2D eigenvalue weighted by molar-refractivity contribution is 8.18. The largest absolute Gasteiger partial charge is 0.318 e. The van der Waals surface area contributed by atoms with Gasteiger partial charge in [-0.2, -0.15) is 0 Å². The Morgan fingerprint density at radius 2 is 1.87 bits per heavy atom. The normalized spacial score (nSPS) is 16.7. The van der Waals surface area contributed by atoms with Gasteiger partial charge in [0.1, 0.15) is 5.82 Å². The Balaban J connectivity index is 1.70. The van der Waals surface area contributed by atoms with Gasteiger partial charge in [0.2, 0.25) is 0 Å². The van der Waals surface area contributed by atoms with Gasteiger partial charge in [-0.3, -0.25) is 9.69 Å². The fraction of sp³-hybridized carbons (Fsp3) is 0.200. The van der Waals surface area contributed by atoms with E-state index in [4.69, 9.17) is 0 Å². The first kappa shape index (κ1) is 21.1. The van der Waals surface area contributed by atoms with Crippen LogP contribution in [0.25, 0.3) is 11.8 Å². The number of aromatic nitrogens is 1. The molecular weight excluding hydrogens is 409 g/mol. The van der Waals surface area contributed by atoms with Crippen molar-refractivity contribution in [3.63, 3.8) is 0 Å². The monoisotopic (exact) mass is 433 g/mol. The summed E-state index contributed by atoms with van der Waals surface area (Å²) in [6.45, 7) is 6.30. The molecule has 4 nitrogen and oxygen atoms in total. The van der Waals surface area contributed by atoms with Crippen molar-refractivity contribution in [3.05, 3.63) is 87.8 Å². The molecule has 1 aromatic heterocycles. The molecule has 0 bridgehead atoms. The molecule has 31 heavy (non-hydrogen) atoms. The number of aryl methyl sites for hydroxylation is 2. The molecule has 3 aromatic rings. The van der Waals surface area contributed by atoms with Crippen LogP contribution in [0.2, 0.25) is 0 Å². The number of hydrogen-bond donors (Lipinski definition) is 0. The highest BCUT2D eigenvalue weighted by atomic mass is 32.2. The summed E-state index contributed by atoms with van der Waals surface area (Å²) < 4.78 is 15.7. The van der Waals surface area contributed by atoms with Gasteiger partial charge in [0.15, 0.2) is 5.17 Å². The number of para-hydroxylation sites is 1. The predicted molar refractivity (Wildman–Crippen MR) is 126 cm³/mol. The molecule has 1 aliphatic rings. The maximum Gasteiger partial charge on any atom is 0.266 e. The number of carbonyl (C=O) groups is 1. The Morgan fingerprint density at radius 3 is 2.61 bits per heavy atom. The lowest BCUT2D eigenvalue weighted by atomic mass is 10.1. The summed E-state index contributed by atoms with van der Waals surface area (Å²) in [5.41, 5.74) is 6.12. The predicted octanol–water partition coefficient (Wildman–Crippen LogP) is 6.03. The molecule has 0 saturated carbocycles. The number of amidine groups is 1. The number of benzene rings is 2. The number of rotatable bonds is 4. The molecule has 1 aliphatic heterocycles. The number of carbonyl (C=O) groups excluding carboxylic acids is 1. The standard InChI is InChI=1S/C25H24FN3OS/c1-5-18-9-6-7-12-22(18)29-16(2)13-19(17(29)3)14-23-24(30)28(4)25(31-23)27-21-11-8-10-20(26)15-21/h6-15H,5H2,1-4H3/b23-14-,27-25?. The SMILES string of the molecule is CCc1ccccc1-n1c(C)cc(/C=C2\SC(=Nc3cccc(F)c3)N(C)C2=O)c1C. The van der Waals surface area contributed by atoms with E-state index in [1.165, 1.54) is 40.0 Å². The molecule has 2 aromatic carbocycles. The maximum absolute atomic E-state index is 13.5. The van der Waals surface area contributed by atoms with E-state index >= 15 is 0 Å². The van der Waals surface area contributed by atoms with E-state index in [1.807, 2.05) is 12.1 Å². The van der Waals surface area contributed by atoms with Gasteiger partial charge in [0, 0.05) is 24.1 Å². The second kappa shape index (κ2) is 8.55. The van der Waals surface area contributed by atoms with Crippen molar-refractivity contribution in [1.29, 1.82) is 0 Å². The van der Waals surface area contributed by atoms with Crippen molar-refractivity contribution in [1.82, 2.24) is 9.47 Å². The maximum atomic E-state index is 13.5. The summed E-state index contributed by atoms with van der Waals surface area (Å²) in [6, 6.07) is 16.5. The quantitative estimate of drug-likeness (QED) is 0.471. The van der Waals surface area contributed by atoms with Crippen molar-refractivity contribution < 1.29 is 9.18 Å². The highest BCUT2D eigenvalue weighted by Gasteiger charge is 2.30. The van der Waals surface area contributed by atoms with Crippen LogP contribution in [0.5, 0.6) is 0 Å². The number of aliphatic imine (C=N–C) groups is 1. The average molecular weight is 434 g/mol. The third-order valence-electron chi connectivity index (χ3n) is 5.41. The Hall–Kier alpha value is -3.12. The molecule has 6 heteroatoms. The van der Waals surface area contributed by atoms with Crippen LogP contribution >= 0.6 is 11.8 Å². The molecule has 1 saturated heterocycles. The minimum atomic E-state index is -0.352. The second-order valence-electron chi connectivity index (χ2n) is 7.49. The zero-order valence-electron chi connectivity index (χ0n) is 18.0. The zero-order valence-corrected chi connectivity index (χ0v) is 18.8. The smallest absolute Gasteiger partial charge is 0.266 e. The Morgan fingerprint density at radius 1 is 1.10 bits per heavy atom. The van der Waals surface area contributed by atoms with Crippen LogP contribution < -0.4 is 0 Å². The molecule has 4 rings (SSSR count). The molecule has 1 amide bonds. The average Bonchev–Trinajstić information content (AvgIpc) is 3.18. The van der Waals surface area contributed by atoms with Gasteiger partial charge in [-0.15, -0.1) is 0 Å². The third kappa shape index (κ3) is 4.08. The fourth-order valence-electron chi connectivity index (χ4n) is 3.78. The van der Waals surface area contributed by atoms with E-state index in [9.17, 15) is 9.18 Å². The summed E-state index contributed by atoms with van der Waals surface area (Å²) in [4.78, 5) is 19.4. The Labute approximate surface area is 186 Å². The molecule has 0 N–H and O–H groups in total. The molecule has 0 radical (unpaired) electrons. The molecule has 0 unspecified atom stereocenters. The topological polar surface area (TPSA) is 37.6 Å². The van der Waals surface area contributed by atoms with Gasteiger partial charge in [-0.25, -0.2) is 9.38 Å². The minimum Gasteiger partial charge on any atom is -0.318 e. The van der Waals surface area contributed by atoms with Gasteiger partial charge >= 0.3 is 0 Å².